The Morgan fingerprint density at radius 3 is 2.45 bits per heavy atom. The summed E-state index contributed by atoms with van der Waals surface area (Å²) in [5, 5.41) is 6.78. The molecule has 0 aliphatic rings. The second-order valence-corrected chi connectivity index (χ2v) is 8.63. The van der Waals surface area contributed by atoms with Gasteiger partial charge in [-0.1, -0.05) is 51.9 Å². The van der Waals surface area contributed by atoms with Crippen LogP contribution >= 0.6 is 0 Å². The third-order valence-corrected chi connectivity index (χ3v) is 4.36. The molecule has 1 unspecified atom stereocenters. The summed E-state index contributed by atoms with van der Waals surface area (Å²) in [5.74, 6) is 0.850. The number of benzene rings is 1. The van der Waals surface area contributed by atoms with Gasteiger partial charge in [0.25, 0.3) is 0 Å². The van der Waals surface area contributed by atoms with E-state index in [0.29, 0.717) is 23.7 Å². The van der Waals surface area contributed by atoms with E-state index in [1.54, 1.807) is 6.07 Å². The molecule has 1 atom stereocenters. The molecule has 0 fully saturated rings. The molecular formula is C21H28F3N3O2. The van der Waals surface area contributed by atoms with Crippen LogP contribution in [0.2, 0.25) is 0 Å². The first kappa shape index (κ1) is 22.9. The standard InChI is InChI=1S/C21H28F3N3O2/c1-13(2)11-16(14-7-6-8-15(12-14)21(22,23)24)25-17(28)9-10-18-26-19(27-29-18)20(3,4)5/h6-8,12-13,16H,9-11H2,1-5H3,(H,25,28). The summed E-state index contributed by atoms with van der Waals surface area (Å²) in [5.41, 5.74) is -0.538. The Morgan fingerprint density at radius 2 is 1.90 bits per heavy atom. The van der Waals surface area contributed by atoms with Crippen molar-refractivity contribution in [3.05, 3.63) is 47.1 Å². The van der Waals surface area contributed by atoms with Gasteiger partial charge in [-0.25, -0.2) is 0 Å². The largest absolute Gasteiger partial charge is 0.416 e. The van der Waals surface area contributed by atoms with Crippen molar-refractivity contribution < 1.29 is 22.5 Å². The number of nitrogens with one attached hydrogen (secondary N) is 1. The molecule has 0 bridgehead atoms. The van der Waals surface area contributed by atoms with Crippen molar-refractivity contribution in [3.8, 4) is 0 Å². The highest BCUT2D eigenvalue weighted by atomic mass is 19.4. The van der Waals surface area contributed by atoms with Gasteiger partial charge in [-0.3, -0.25) is 4.79 Å². The Kier molecular flexibility index (Phi) is 7.08. The number of rotatable bonds is 7. The maximum Gasteiger partial charge on any atom is 0.416 e. The molecule has 0 radical (unpaired) electrons. The lowest BCUT2D eigenvalue weighted by molar-refractivity contribution is -0.137. The number of nitrogens with zero attached hydrogens (tertiary/aromatic N) is 2. The molecule has 29 heavy (non-hydrogen) atoms. The van der Waals surface area contributed by atoms with Crippen molar-refractivity contribution in [2.75, 3.05) is 0 Å². The number of hydrogen-bond donors (Lipinski definition) is 1. The zero-order valence-electron chi connectivity index (χ0n) is 17.4. The van der Waals surface area contributed by atoms with Crippen LogP contribution in [0.3, 0.4) is 0 Å². The molecule has 5 nitrogen and oxygen atoms in total. The molecule has 0 spiro atoms. The van der Waals surface area contributed by atoms with Gasteiger partial charge in [-0.2, -0.15) is 18.2 Å². The van der Waals surface area contributed by atoms with Crippen molar-refractivity contribution in [1.29, 1.82) is 0 Å². The monoisotopic (exact) mass is 411 g/mol. The summed E-state index contributed by atoms with van der Waals surface area (Å²) in [6.07, 6.45) is -3.52. The molecule has 160 valence electrons. The zero-order chi connectivity index (χ0) is 21.8. The Labute approximate surface area is 169 Å². The third kappa shape index (κ3) is 6.87. The number of amides is 1. The first-order valence-electron chi connectivity index (χ1n) is 9.66. The minimum Gasteiger partial charge on any atom is -0.349 e. The number of carbonyl (C=O) groups excluding carboxylic acids is 1. The van der Waals surface area contributed by atoms with E-state index < -0.39 is 17.8 Å². The third-order valence-electron chi connectivity index (χ3n) is 4.36. The SMILES string of the molecule is CC(C)CC(NC(=O)CCc1nc(C(C)(C)C)no1)c1cccc(C(F)(F)F)c1. The summed E-state index contributed by atoms with van der Waals surface area (Å²) in [4.78, 5) is 16.7. The first-order valence-corrected chi connectivity index (χ1v) is 9.66. The van der Waals surface area contributed by atoms with Crippen molar-refractivity contribution in [2.24, 2.45) is 5.92 Å². The van der Waals surface area contributed by atoms with Crippen LogP contribution in [0.5, 0.6) is 0 Å². The molecule has 1 amide bonds. The van der Waals surface area contributed by atoms with Crippen molar-refractivity contribution in [1.82, 2.24) is 15.5 Å². The van der Waals surface area contributed by atoms with Crippen LogP contribution in [0.4, 0.5) is 13.2 Å². The van der Waals surface area contributed by atoms with Crippen LogP contribution in [0.25, 0.3) is 0 Å². The van der Waals surface area contributed by atoms with E-state index in [2.05, 4.69) is 15.5 Å². The average Bonchev–Trinajstić information content (AvgIpc) is 3.08. The quantitative estimate of drug-likeness (QED) is 0.678. The number of aryl methyl sites for hydroxylation is 1. The molecule has 1 aromatic carbocycles. The zero-order valence-corrected chi connectivity index (χ0v) is 17.4. The van der Waals surface area contributed by atoms with Gasteiger partial charge in [0.2, 0.25) is 11.8 Å². The van der Waals surface area contributed by atoms with E-state index in [1.165, 1.54) is 6.07 Å². The Morgan fingerprint density at radius 1 is 1.21 bits per heavy atom. The van der Waals surface area contributed by atoms with Crippen LogP contribution in [0.15, 0.2) is 28.8 Å². The fourth-order valence-corrected chi connectivity index (χ4v) is 2.83. The number of aromatic nitrogens is 2. The average molecular weight is 411 g/mol. The summed E-state index contributed by atoms with van der Waals surface area (Å²) in [6, 6.07) is 4.60. The van der Waals surface area contributed by atoms with E-state index in [1.807, 2.05) is 34.6 Å². The minimum absolute atomic E-state index is 0.110. The molecule has 8 heteroatoms. The van der Waals surface area contributed by atoms with Gasteiger partial charge >= 0.3 is 6.18 Å². The van der Waals surface area contributed by atoms with E-state index >= 15 is 0 Å². The number of hydrogen-bond acceptors (Lipinski definition) is 4. The Bertz CT molecular complexity index is 823. The summed E-state index contributed by atoms with van der Waals surface area (Å²) < 4.78 is 44.3. The lowest BCUT2D eigenvalue weighted by Gasteiger charge is -2.22. The molecule has 0 aliphatic carbocycles. The predicted molar refractivity (Wildman–Crippen MR) is 103 cm³/mol. The maximum atomic E-state index is 13.0. The second-order valence-electron chi connectivity index (χ2n) is 8.63. The Balaban J connectivity index is 2.06. The minimum atomic E-state index is -4.43. The fourth-order valence-electron chi connectivity index (χ4n) is 2.83. The highest BCUT2D eigenvalue weighted by molar-refractivity contribution is 5.76. The van der Waals surface area contributed by atoms with Crippen LogP contribution in [0.1, 0.15) is 76.3 Å². The number of carbonyl (C=O) groups is 1. The first-order chi connectivity index (χ1) is 13.4. The topological polar surface area (TPSA) is 68.0 Å². The normalized spacial score (nSPS) is 13.6. The molecule has 1 heterocycles. The van der Waals surface area contributed by atoms with E-state index in [9.17, 15) is 18.0 Å². The molecule has 0 saturated heterocycles. The number of alkyl halides is 3. The van der Waals surface area contributed by atoms with Gasteiger partial charge in [-0.15, -0.1) is 0 Å². The van der Waals surface area contributed by atoms with Gasteiger partial charge in [-0.05, 0) is 30.0 Å². The molecule has 0 aliphatic heterocycles. The van der Waals surface area contributed by atoms with Crippen LogP contribution in [0, 0.1) is 5.92 Å². The molecule has 2 aromatic rings. The van der Waals surface area contributed by atoms with Gasteiger partial charge in [0.1, 0.15) is 0 Å². The smallest absolute Gasteiger partial charge is 0.349 e. The maximum absolute atomic E-state index is 13.0. The molecule has 1 aromatic heterocycles. The van der Waals surface area contributed by atoms with Gasteiger partial charge in [0.15, 0.2) is 5.82 Å². The second kappa shape index (κ2) is 8.97. The molecule has 0 saturated carbocycles. The van der Waals surface area contributed by atoms with Crippen molar-refractivity contribution in [3.63, 3.8) is 0 Å². The highest BCUT2D eigenvalue weighted by Gasteiger charge is 2.31. The summed E-state index contributed by atoms with van der Waals surface area (Å²) in [7, 11) is 0. The lowest BCUT2D eigenvalue weighted by Crippen LogP contribution is -2.30. The summed E-state index contributed by atoms with van der Waals surface area (Å²) in [6.45, 7) is 9.79. The van der Waals surface area contributed by atoms with Gasteiger partial charge < -0.3 is 9.84 Å². The Hall–Kier alpha value is -2.38. The predicted octanol–water partition coefficient (Wildman–Crippen LogP) is 5.22. The highest BCUT2D eigenvalue weighted by Crippen LogP contribution is 2.32. The van der Waals surface area contributed by atoms with Crippen LogP contribution < -0.4 is 5.32 Å². The van der Waals surface area contributed by atoms with E-state index in [4.69, 9.17) is 4.52 Å². The van der Waals surface area contributed by atoms with Crippen molar-refractivity contribution >= 4 is 5.91 Å². The molecule has 2 rings (SSSR count). The summed E-state index contributed by atoms with van der Waals surface area (Å²) >= 11 is 0. The van der Waals surface area contributed by atoms with E-state index in [-0.39, 0.29) is 30.1 Å². The van der Waals surface area contributed by atoms with Crippen molar-refractivity contribution in [2.45, 2.75) is 71.5 Å². The lowest BCUT2D eigenvalue weighted by atomic mass is 9.95. The van der Waals surface area contributed by atoms with Gasteiger partial charge in [0.05, 0.1) is 11.6 Å². The number of halogens is 3. The fraction of sp³-hybridized carbons (Fsp3) is 0.571. The molecule has 1 N–H and O–H groups in total. The van der Waals surface area contributed by atoms with Crippen LogP contribution in [-0.2, 0) is 22.8 Å². The van der Waals surface area contributed by atoms with Crippen LogP contribution in [-0.4, -0.2) is 16.0 Å². The van der Waals surface area contributed by atoms with E-state index in [0.717, 1.165) is 12.1 Å². The van der Waals surface area contributed by atoms with Gasteiger partial charge in [0, 0.05) is 18.3 Å². The molecular weight excluding hydrogens is 383 g/mol.